The molecule has 4 aromatic rings. The van der Waals surface area contributed by atoms with Gasteiger partial charge in [0.1, 0.15) is 24.2 Å². The van der Waals surface area contributed by atoms with E-state index in [0.29, 0.717) is 5.56 Å². The zero-order valence-corrected chi connectivity index (χ0v) is 18.8. The summed E-state index contributed by atoms with van der Waals surface area (Å²) in [6, 6.07) is 19.1. The van der Waals surface area contributed by atoms with Crippen LogP contribution in [0.15, 0.2) is 88.3 Å². The van der Waals surface area contributed by atoms with Gasteiger partial charge in [0.15, 0.2) is 5.43 Å². The van der Waals surface area contributed by atoms with E-state index >= 15 is 0 Å². The van der Waals surface area contributed by atoms with Gasteiger partial charge in [0.05, 0.1) is 22.3 Å². The molecule has 1 aromatic heterocycles. The molecule has 0 spiro atoms. The predicted octanol–water partition coefficient (Wildman–Crippen LogP) is 4.59. The minimum atomic E-state index is -0.650. The maximum absolute atomic E-state index is 12.9. The average molecular weight is 488 g/mol. The van der Waals surface area contributed by atoms with Crippen LogP contribution in [-0.2, 0) is 16.1 Å². The van der Waals surface area contributed by atoms with Gasteiger partial charge in [0, 0.05) is 24.7 Å². The SMILES string of the molecule is O=C(CCNC(=O)OCc1ccccc1)Oc1ccc2c(=O)c(-c3ccc([N+](=O)[O-])cc3)coc2c1. The number of rotatable bonds is 8. The highest BCUT2D eigenvalue weighted by Gasteiger charge is 2.13. The molecule has 10 nitrogen and oxygen atoms in total. The number of alkyl carbamates (subject to hydrolysis) is 1. The topological polar surface area (TPSA) is 138 Å². The molecule has 36 heavy (non-hydrogen) atoms. The smallest absolute Gasteiger partial charge is 0.407 e. The second-order valence-electron chi connectivity index (χ2n) is 7.65. The lowest BCUT2D eigenvalue weighted by atomic mass is 10.1. The molecule has 1 amide bonds. The molecule has 0 fully saturated rings. The van der Waals surface area contributed by atoms with Crippen molar-refractivity contribution in [1.29, 1.82) is 0 Å². The molecule has 0 saturated heterocycles. The number of esters is 1. The quantitative estimate of drug-likeness (QED) is 0.164. The number of carbonyl (C=O) groups excluding carboxylic acids is 2. The number of hydrogen-bond acceptors (Lipinski definition) is 8. The van der Waals surface area contributed by atoms with Crippen LogP contribution in [0.4, 0.5) is 10.5 Å². The van der Waals surface area contributed by atoms with E-state index < -0.39 is 17.0 Å². The fourth-order valence-corrected chi connectivity index (χ4v) is 3.36. The lowest BCUT2D eigenvalue weighted by Crippen LogP contribution is -2.27. The monoisotopic (exact) mass is 488 g/mol. The number of carbonyl (C=O) groups is 2. The van der Waals surface area contributed by atoms with Crippen LogP contribution < -0.4 is 15.5 Å². The Labute approximate surface area is 204 Å². The number of benzene rings is 3. The van der Waals surface area contributed by atoms with E-state index in [1.54, 1.807) is 0 Å². The highest BCUT2D eigenvalue weighted by molar-refractivity contribution is 5.83. The summed E-state index contributed by atoms with van der Waals surface area (Å²) in [6.07, 6.45) is 0.507. The van der Waals surface area contributed by atoms with E-state index in [9.17, 15) is 24.5 Å². The van der Waals surface area contributed by atoms with Gasteiger partial charge >= 0.3 is 12.1 Å². The molecule has 182 valence electrons. The van der Waals surface area contributed by atoms with Crippen molar-refractivity contribution >= 4 is 28.7 Å². The molecule has 0 unspecified atom stereocenters. The van der Waals surface area contributed by atoms with Crippen molar-refractivity contribution in [2.75, 3.05) is 6.54 Å². The number of nitrogens with one attached hydrogen (secondary N) is 1. The van der Waals surface area contributed by atoms with Gasteiger partial charge in [-0.15, -0.1) is 0 Å². The third-order valence-electron chi connectivity index (χ3n) is 5.18. The van der Waals surface area contributed by atoms with Crippen molar-refractivity contribution in [2.24, 2.45) is 0 Å². The maximum atomic E-state index is 12.9. The van der Waals surface area contributed by atoms with Crippen LogP contribution in [0.2, 0.25) is 0 Å². The zero-order chi connectivity index (χ0) is 25.5. The summed E-state index contributed by atoms with van der Waals surface area (Å²) in [5.74, 6) is -0.423. The predicted molar refractivity (Wildman–Crippen MR) is 129 cm³/mol. The lowest BCUT2D eigenvalue weighted by Gasteiger charge is -2.08. The Hall–Kier alpha value is -4.99. The third-order valence-corrected chi connectivity index (χ3v) is 5.18. The summed E-state index contributed by atoms with van der Waals surface area (Å²) in [4.78, 5) is 47.1. The minimum absolute atomic E-state index is 0.0215. The van der Waals surface area contributed by atoms with Crippen molar-refractivity contribution in [3.05, 3.63) is 105 Å². The number of fused-ring (bicyclic) bond motifs is 1. The van der Waals surface area contributed by atoms with Crippen LogP contribution in [0.1, 0.15) is 12.0 Å². The molecule has 10 heteroatoms. The van der Waals surface area contributed by atoms with Gasteiger partial charge in [-0.05, 0) is 35.4 Å². The molecular weight excluding hydrogens is 468 g/mol. The lowest BCUT2D eigenvalue weighted by molar-refractivity contribution is -0.384. The summed E-state index contributed by atoms with van der Waals surface area (Å²) >= 11 is 0. The number of ether oxygens (including phenoxy) is 2. The van der Waals surface area contributed by atoms with E-state index in [2.05, 4.69) is 5.32 Å². The van der Waals surface area contributed by atoms with Gasteiger partial charge in [-0.1, -0.05) is 30.3 Å². The van der Waals surface area contributed by atoms with E-state index in [-0.39, 0.29) is 53.0 Å². The van der Waals surface area contributed by atoms with E-state index in [4.69, 9.17) is 13.9 Å². The van der Waals surface area contributed by atoms with Gasteiger partial charge in [0.25, 0.3) is 5.69 Å². The normalized spacial score (nSPS) is 10.6. The number of nitro groups is 1. The molecule has 3 aromatic carbocycles. The number of nitro benzene ring substituents is 1. The number of amides is 1. The summed E-state index contributed by atoms with van der Waals surface area (Å²) in [6.45, 7) is 0.138. The number of hydrogen-bond donors (Lipinski definition) is 1. The molecule has 4 rings (SSSR count). The highest BCUT2D eigenvalue weighted by atomic mass is 16.6. The second-order valence-corrected chi connectivity index (χ2v) is 7.65. The summed E-state index contributed by atoms with van der Waals surface area (Å²) < 4.78 is 15.9. The number of nitrogens with zero attached hydrogens (tertiary/aromatic N) is 1. The van der Waals surface area contributed by atoms with E-state index in [1.807, 2.05) is 30.3 Å². The zero-order valence-electron chi connectivity index (χ0n) is 18.8. The van der Waals surface area contributed by atoms with E-state index in [1.165, 1.54) is 48.7 Å². The molecule has 1 heterocycles. The van der Waals surface area contributed by atoms with Crippen LogP contribution in [-0.4, -0.2) is 23.5 Å². The Bertz CT molecular complexity index is 1460. The standard InChI is InChI=1S/C26H20N2O8/c29-24(12-13-27-26(31)35-15-17-4-2-1-3-5-17)36-20-10-11-21-23(14-20)34-16-22(25(21)30)18-6-8-19(9-7-18)28(32)33/h1-11,14,16H,12-13,15H2,(H,27,31). The van der Waals surface area contributed by atoms with Crippen LogP contribution in [0.5, 0.6) is 5.75 Å². The Morgan fingerprint density at radius 3 is 2.47 bits per heavy atom. The van der Waals surface area contributed by atoms with Gasteiger partial charge in [-0.2, -0.15) is 0 Å². The highest BCUT2D eigenvalue weighted by Crippen LogP contribution is 2.24. The fourth-order valence-electron chi connectivity index (χ4n) is 3.36. The Balaban J connectivity index is 1.33. The van der Waals surface area contributed by atoms with Crippen molar-refractivity contribution in [1.82, 2.24) is 5.32 Å². The maximum Gasteiger partial charge on any atom is 0.407 e. The fraction of sp³-hybridized carbons (Fsp3) is 0.115. The molecular formula is C26H20N2O8. The summed E-state index contributed by atoms with van der Waals surface area (Å²) in [5, 5.41) is 13.6. The van der Waals surface area contributed by atoms with Gasteiger partial charge in [-0.25, -0.2) is 4.79 Å². The van der Waals surface area contributed by atoms with Crippen LogP contribution in [0, 0.1) is 10.1 Å². The van der Waals surface area contributed by atoms with Crippen molar-refractivity contribution < 1.29 is 28.4 Å². The third kappa shape index (κ3) is 5.92. The Morgan fingerprint density at radius 1 is 1.00 bits per heavy atom. The average Bonchev–Trinajstić information content (AvgIpc) is 2.88. The summed E-state index contributed by atoms with van der Waals surface area (Å²) in [7, 11) is 0. The molecule has 1 N–H and O–H groups in total. The molecule has 0 radical (unpaired) electrons. The Kier molecular flexibility index (Phi) is 7.35. The van der Waals surface area contributed by atoms with E-state index in [0.717, 1.165) is 5.56 Å². The summed E-state index contributed by atoms with van der Waals surface area (Å²) in [5.41, 5.74) is 1.35. The van der Waals surface area contributed by atoms with Crippen molar-refractivity contribution in [3.63, 3.8) is 0 Å². The number of non-ortho nitro benzene ring substituents is 1. The van der Waals surface area contributed by atoms with Crippen molar-refractivity contribution in [3.8, 4) is 16.9 Å². The minimum Gasteiger partial charge on any atom is -0.463 e. The van der Waals surface area contributed by atoms with Crippen LogP contribution in [0.25, 0.3) is 22.1 Å². The molecule has 0 aliphatic heterocycles. The molecule has 0 aliphatic carbocycles. The first-order valence-corrected chi connectivity index (χ1v) is 10.9. The molecule has 0 aliphatic rings. The Morgan fingerprint density at radius 2 is 1.75 bits per heavy atom. The van der Waals surface area contributed by atoms with Crippen molar-refractivity contribution in [2.45, 2.75) is 13.0 Å². The second kappa shape index (κ2) is 11.0. The van der Waals surface area contributed by atoms with Gasteiger partial charge < -0.3 is 19.2 Å². The first-order valence-electron chi connectivity index (χ1n) is 10.9. The van der Waals surface area contributed by atoms with Gasteiger partial charge in [-0.3, -0.25) is 19.7 Å². The molecule has 0 saturated carbocycles. The first-order chi connectivity index (χ1) is 17.4. The van der Waals surface area contributed by atoms with Crippen LogP contribution in [0.3, 0.4) is 0 Å². The molecule has 0 atom stereocenters. The largest absolute Gasteiger partial charge is 0.463 e. The first kappa shape index (κ1) is 24.1. The molecule has 0 bridgehead atoms. The van der Waals surface area contributed by atoms with Crippen LogP contribution >= 0.6 is 0 Å². The van der Waals surface area contributed by atoms with Gasteiger partial charge in [0.2, 0.25) is 0 Å².